The number of fused-ring (bicyclic) bond motifs is 1. The van der Waals surface area contributed by atoms with Crippen LogP contribution in [0.2, 0.25) is 5.02 Å². The molecule has 4 nitrogen and oxygen atoms in total. The Balaban J connectivity index is 2.43. The van der Waals surface area contributed by atoms with Crippen LogP contribution in [0.1, 0.15) is 5.56 Å². The fourth-order valence-corrected chi connectivity index (χ4v) is 1.65. The maximum absolute atomic E-state index is 10.4. The van der Waals surface area contributed by atoms with E-state index in [4.69, 9.17) is 21.4 Å². The Kier molecular flexibility index (Phi) is 2.21. The molecule has 0 unspecified atom stereocenters. The van der Waals surface area contributed by atoms with Crippen LogP contribution < -0.4 is 9.47 Å². The highest BCUT2D eigenvalue weighted by Gasteiger charge is 2.21. The van der Waals surface area contributed by atoms with Gasteiger partial charge in [-0.3, -0.25) is 0 Å². The molecule has 1 heterocycles. The lowest BCUT2D eigenvalue weighted by Crippen LogP contribution is -2.04. The lowest BCUT2D eigenvalue weighted by molar-refractivity contribution is 0.144. The molecule has 74 valence electrons. The van der Waals surface area contributed by atoms with Gasteiger partial charge in [0.25, 0.3) is 0 Å². The molecule has 0 amide bonds. The van der Waals surface area contributed by atoms with Crippen molar-refractivity contribution in [3.8, 4) is 11.5 Å². The van der Waals surface area contributed by atoms with Gasteiger partial charge in [-0.25, -0.2) is 4.79 Å². The Morgan fingerprint density at radius 2 is 2.36 bits per heavy atom. The van der Waals surface area contributed by atoms with E-state index in [1.54, 1.807) is 6.07 Å². The van der Waals surface area contributed by atoms with Gasteiger partial charge in [0.2, 0.25) is 0 Å². The van der Waals surface area contributed by atoms with Crippen LogP contribution >= 0.6 is 11.6 Å². The number of hydrogen-bond donors (Lipinski definition) is 1. The second-order valence-electron chi connectivity index (χ2n) is 2.82. The SMILES string of the molecule is O=C(O)Oc1ccc(Cl)c2c1CCO2. The number of hydrogen-bond acceptors (Lipinski definition) is 3. The van der Waals surface area contributed by atoms with Gasteiger partial charge in [0.05, 0.1) is 11.6 Å². The number of carbonyl (C=O) groups is 1. The Labute approximate surface area is 85.0 Å². The van der Waals surface area contributed by atoms with E-state index >= 15 is 0 Å². The number of rotatable bonds is 1. The normalized spacial score (nSPS) is 13.2. The van der Waals surface area contributed by atoms with E-state index < -0.39 is 6.16 Å². The summed E-state index contributed by atoms with van der Waals surface area (Å²) in [6.07, 6.45) is -0.708. The van der Waals surface area contributed by atoms with E-state index in [0.717, 1.165) is 5.56 Å². The zero-order valence-electron chi connectivity index (χ0n) is 7.12. The van der Waals surface area contributed by atoms with Crippen molar-refractivity contribution in [2.45, 2.75) is 6.42 Å². The summed E-state index contributed by atoms with van der Waals surface area (Å²) in [5.74, 6) is 0.833. The molecular weight excluding hydrogens is 208 g/mol. The van der Waals surface area contributed by atoms with Crippen LogP contribution in [0.3, 0.4) is 0 Å². The van der Waals surface area contributed by atoms with Crippen molar-refractivity contribution in [1.29, 1.82) is 0 Å². The van der Waals surface area contributed by atoms with Crippen LogP contribution in [0.5, 0.6) is 11.5 Å². The van der Waals surface area contributed by atoms with Gasteiger partial charge in [-0.2, -0.15) is 0 Å². The first kappa shape index (κ1) is 9.15. The molecule has 2 rings (SSSR count). The summed E-state index contributed by atoms with van der Waals surface area (Å²) >= 11 is 5.85. The van der Waals surface area contributed by atoms with Crippen LogP contribution in [0.15, 0.2) is 12.1 Å². The predicted octanol–water partition coefficient (Wildman–Crippen LogP) is 2.33. The number of carboxylic acid groups (broad SMARTS) is 1. The second-order valence-corrected chi connectivity index (χ2v) is 3.23. The van der Waals surface area contributed by atoms with Gasteiger partial charge < -0.3 is 14.6 Å². The lowest BCUT2D eigenvalue weighted by Gasteiger charge is -2.06. The van der Waals surface area contributed by atoms with E-state index in [2.05, 4.69) is 4.74 Å². The highest BCUT2D eigenvalue weighted by Crippen LogP contribution is 2.39. The Morgan fingerprint density at radius 3 is 3.07 bits per heavy atom. The highest BCUT2D eigenvalue weighted by molar-refractivity contribution is 6.32. The van der Waals surface area contributed by atoms with E-state index in [9.17, 15) is 4.79 Å². The van der Waals surface area contributed by atoms with Gasteiger partial charge in [0, 0.05) is 12.0 Å². The molecule has 5 heteroatoms. The molecule has 1 aliphatic heterocycles. The molecule has 0 saturated carbocycles. The molecule has 14 heavy (non-hydrogen) atoms. The minimum atomic E-state index is -1.33. The monoisotopic (exact) mass is 214 g/mol. The summed E-state index contributed by atoms with van der Waals surface area (Å²) in [6, 6.07) is 3.09. The largest absolute Gasteiger partial charge is 0.511 e. The van der Waals surface area contributed by atoms with Gasteiger partial charge in [-0.15, -0.1) is 0 Å². The molecule has 0 spiro atoms. The predicted molar refractivity (Wildman–Crippen MR) is 49.3 cm³/mol. The zero-order valence-corrected chi connectivity index (χ0v) is 7.87. The number of benzene rings is 1. The molecule has 1 aromatic carbocycles. The first-order valence-corrected chi connectivity index (χ1v) is 4.41. The average Bonchev–Trinajstić information content (AvgIpc) is 2.58. The molecule has 1 N–H and O–H groups in total. The summed E-state index contributed by atoms with van der Waals surface area (Å²) in [5, 5.41) is 8.95. The summed E-state index contributed by atoms with van der Waals surface area (Å²) in [6.45, 7) is 0.509. The third-order valence-corrected chi connectivity index (χ3v) is 2.26. The third kappa shape index (κ3) is 1.48. The minimum Gasteiger partial charge on any atom is -0.491 e. The molecular formula is C9H7ClO4. The van der Waals surface area contributed by atoms with Gasteiger partial charge in [0.1, 0.15) is 11.5 Å². The van der Waals surface area contributed by atoms with Crippen molar-refractivity contribution in [3.63, 3.8) is 0 Å². The van der Waals surface area contributed by atoms with E-state index in [1.807, 2.05) is 0 Å². The topological polar surface area (TPSA) is 55.8 Å². The molecule has 0 radical (unpaired) electrons. The summed E-state index contributed by atoms with van der Waals surface area (Å²) in [7, 11) is 0. The van der Waals surface area contributed by atoms with Crippen LogP contribution in [0.25, 0.3) is 0 Å². The van der Waals surface area contributed by atoms with Crippen molar-refractivity contribution in [3.05, 3.63) is 22.7 Å². The zero-order chi connectivity index (χ0) is 10.1. The first-order chi connectivity index (χ1) is 6.68. The van der Waals surface area contributed by atoms with Crippen LogP contribution in [-0.4, -0.2) is 17.9 Å². The smallest absolute Gasteiger partial charge is 0.491 e. The van der Waals surface area contributed by atoms with Crippen molar-refractivity contribution in [1.82, 2.24) is 0 Å². The molecule has 1 aliphatic rings. The summed E-state index contributed by atoms with van der Waals surface area (Å²) in [4.78, 5) is 10.4. The summed E-state index contributed by atoms with van der Waals surface area (Å²) < 4.78 is 9.84. The standard InChI is InChI=1S/C9H7ClO4/c10-6-1-2-7(14-9(11)12)5-3-4-13-8(5)6/h1-2H,3-4H2,(H,11,12). The molecule has 0 saturated heterocycles. The van der Waals surface area contributed by atoms with Crippen LogP contribution in [0.4, 0.5) is 4.79 Å². The average molecular weight is 215 g/mol. The highest BCUT2D eigenvalue weighted by atomic mass is 35.5. The Morgan fingerprint density at radius 1 is 1.57 bits per heavy atom. The summed E-state index contributed by atoms with van der Waals surface area (Å²) in [5.41, 5.74) is 0.722. The van der Waals surface area contributed by atoms with Crippen molar-refractivity contribution >= 4 is 17.8 Å². The maximum Gasteiger partial charge on any atom is 0.511 e. The van der Waals surface area contributed by atoms with Crippen molar-refractivity contribution in [2.75, 3.05) is 6.61 Å². The Hall–Kier alpha value is -1.42. The molecule has 1 aromatic rings. The number of halogens is 1. The maximum atomic E-state index is 10.4. The molecule has 0 fully saturated rings. The van der Waals surface area contributed by atoms with E-state index in [-0.39, 0.29) is 0 Å². The number of ether oxygens (including phenoxy) is 2. The van der Waals surface area contributed by atoms with Crippen molar-refractivity contribution < 1.29 is 19.4 Å². The first-order valence-electron chi connectivity index (χ1n) is 4.03. The van der Waals surface area contributed by atoms with Crippen LogP contribution in [-0.2, 0) is 6.42 Å². The Bertz CT molecular complexity index is 389. The van der Waals surface area contributed by atoms with E-state index in [1.165, 1.54) is 6.07 Å². The lowest BCUT2D eigenvalue weighted by atomic mass is 10.1. The molecule has 0 aliphatic carbocycles. The van der Waals surface area contributed by atoms with E-state index in [0.29, 0.717) is 29.5 Å². The van der Waals surface area contributed by atoms with Gasteiger partial charge in [0.15, 0.2) is 0 Å². The van der Waals surface area contributed by atoms with Crippen molar-refractivity contribution in [2.24, 2.45) is 0 Å². The van der Waals surface area contributed by atoms with Gasteiger partial charge >= 0.3 is 6.16 Å². The van der Waals surface area contributed by atoms with Crippen LogP contribution in [0, 0.1) is 0 Å². The second kappa shape index (κ2) is 3.38. The minimum absolute atomic E-state index is 0.300. The fourth-order valence-electron chi connectivity index (χ4n) is 1.42. The van der Waals surface area contributed by atoms with Gasteiger partial charge in [-0.05, 0) is 12.1 Å². The molecule has 0 atom stereocenters. The fraction of sp³-hybridized carbons (Fsp3) is 0.222. The quantitative estimate of drug-likeness (QED) is 0.576. The van der Waals surface area contributed by atoms with Gasteiger partial charge in [-0.1, -0.05) is 11.6 Å². The third-order valence-electron chi connectivity index (χ3n) is 1.97. The molecule has 0 bridgehead atoms. The molecule has 0 aromatic heterocycles.